The van der Waals surface area contributed by atoms with E-state index >= 15 is 0 Å². The summed E-state index contributed by atoms with van der Waals surface area (Å²) in [7, 11) is 2.18. The first-order valence-corrected chi connectivity index (χ1v) is 4.73. The smallest absolute Gasteiger partial charge is 0.502 e. The zero-order chi connectivity index (χ0) is 9.53. The van der Waals surface area contributed by atoms with Crippen LogP contribution in [0.4, 0.5) is 0 Å². The lowest BCUT2D eigenvalue weighted by Gasteiger charge is -2.43. The van der Waals surface area contributed by atoms with Crippen molar-refractivity contribution in [3.63, 3.8) is 0 Å². The highest BCUT2D eigenvalue weighted by atomic mass is 16.6. The second kappa shape index (κ2) is 2.70. The van der Waals surface area contributed by atoms with E-state index in [2.05, 4.69) is 20.2 Å². The van der Waals surface area contributed by atoms with Crippen LogP contribution in [-0.4, -0.2) is 44.4 Å². The Balaban J connectivity index is 2.38. The Morgan fingerprint density at radius 3 is 2.38 bits per heavy atom. The molecule has 0 aromatic carbocycles. The minimum absolute atomic E-state index is 0.767. The molecule has 72 valence electrons. The zero-order valence-corrected chi connectivity index (χ0v) is 8.16. The SMILES string of the molecule is C=CC(=C)[B-]12OCC[N+]1(C)CCO2. The summed E-state index contributed by atoms with van der Waals surface area (Å²) >= 11 is 0. The number of hydrogen-bond acceptors (Lipinski definition) is 2. The molecule has 2 heterocycles. The van der Waals surface area contributed by atoms with Crippen LogP contribution in [0.25, 0.3) is 0 Å². The van der Waals surface area contributed by atoms with Crippen LogP contribution in [0.1, 0.15) is 0 Å². The van der Waals surface area contributed by atoms with Crippen LogP contribution in [0, 0.1) is 0 Å². The molecule has 2 aliphatic heterocycles. The second-order valence-electron chi connectivity index (χ2n) is 4.12. The van der Waals surface area contributed by atoms with E-state index in [1.54, 1.807) is 6.08 Å². The lowest BCUT2D eigenvalue weighted by molar-refractivity contribution is -0.799. The summed E-state index contributed by atoms with van der Waals surface area (Å²) in [5.74, 6) is 0. The van der Waals surface area contributed by atoms with E-state index in [0.717, 1.165) is 36.2 Å². The van der Waals surface area contributed by atoms with Crippen molar-refractivity contribution in [3.05, 3.63) is 24.7 Å². The molecule has 0 unspecified atom stereocenters. The summed E-state index contributed by atoms with van der Waals surface area (Å²) in [4.78, 5) is 0. The number of nitrogens with zero attached hydrogens (tertiary/aromatic N) is 1. The van der Waals surface area contributed by atoms with E-state index in [9.17, 15) is 0 Å². The van der Waals surface area contributed by atoms with Gasteiger partial charge >= 0.3 is 6.69 Å². The average Bonchev–Trinajstić information content (AvgIpc) is 2.57. The third-order valence-corrected chi connectivity index (χ3v) is 3.44. The monoisotopic (exact) mass is 181 g/mol. The summed E-state index contributed by atoms with van der Waals surface area (Å²) in [5.41, 5.74) is 0.900. The summed E-state index contributed by atoms with van der Waals surface area (Å²) in [6.07, 6.45) is 1.76. The molecule has 4 heteroatoms. The number of quaternary nitrogens is 1. The van der Waals surface area contributed by atoms with Crippen molar-refractivity contribution in [2.75, 3.05) is 33.4 Å². The van der Waals surface area contributed by atoms with Crippen LogP contribution in [0.2, 0.25) is 0 Å². The summed E-state index contributed by atoms with van der Waals surface area (Å²) < 4.78 is 12.4. The Labute approximate surface area is 79.2 Å². The van der Waals surface area contributed by atoms with Crippen molar-refractivity contribution in [2.24, 2.45) is 0 Å². The molecule has 0 bridgehead atoms. The summed E-state index contributed by atoms with van der Waals surface area (Å²) in [5, 5.41) is 0. The van der Waals surface area contributed by atoms with E-state index < -0.39 is 6.69 Å². The predicted molar refractivity (Wildman–Crippen MR) is 52.9 cm³/mol. The molecule has 0 spiro atoms. The van der Waals surface area contributed by atoms with E-state index in [0.29, 0.717) is 0 Å². The largest absolute Gasteiger partial charge is 0.505 e. The molecule has 0 saturated carbocycles. The minimum Gasteiger partial charge on any atom is -0.505 e. The lowest BCUT2D eigenvalue weighted by Crippen LogP contribution is -2.61. The molecule has 0 N–H and O–H groups in total. The van der Waals surface area contributed by atoms with Crippen molar-refractivity contribution in [2.45, 2.75) is 0 Å². The molecule has 13 heavy (non-hydrogen) atoms. The fourth-order valence-corrected chi connectivity index (χ4v) is 2.47. The van der Waals surface area contributed by atoms with E-state index in [1.165, 1.54) is 0 Å². The molecule has 0 radical (unpaired) electrons. The molecule has 0 aromatic rings. The van der Waals surface area contributed by atoms with Gasteiger partial charge in [0.1, 0.15) is 0 Å². The van der Waals surface area contributed by atoms with Crippen LogP contribution >= 0.6 is 0 Å². The molecule has 2 saturated heterocycles. The van der Waals surface area contributed by atoms with Gasteiger partial charge in [0.2, 0.25) is 0 Å². The van der Waals surface area contributed by atoms with Gasteiger partial charge in [-0.25, -0.2) is 0 Å². The highest BCUT2D eigenvalue weighted by molar-refractivity contribution is 6.69. The van der Waals surface area contributed by atoms with Gasteiger partial charge in [-0.1, -0.05) is 11.5 Å². The topological polar surface area (TPSA) is 18.5 Å². The van der Waals surface area contributed by atoms with E-state index in [4.69, 9.17) is 9.31 Å². The van der Waals surface area contributed by atoms with Crippen LogP contribution < -0.4 is 0 Å². The zero-order valence-electron chi connectivity index (χ0n) is 8.16. The highest BCUT2D eigenvalue weighted by Gasteiger charge is 2.57. The van der Waals surface area contributed by atoms with Crippen molar-refractivity contribution in [3.8, 4) is 0 Å². The first kappa shape index (κ1) is 9.00. The lowest BCUT2D eigenvalue weighted by atomic mass is 9.61. The van der Waals surface area contributed by atoms with Crippen LogP contribution in [0.15, 0.2) is 24.7 Å². The van der Waals surface area contributed by atoms with Gasteiger partial charge in [-0.15, -0.1) is 13.2 Å². The van der Waals surface area contributed by atoms with Gasteiger partial charge in [0, 0.05) is 7.05 Å². The molecular weight excluding hydrogens is 165 g/mol. The van der Waals surface area contributed by atoms with Crippen molar-refractivity contribution < 1.29 is 13.7 Å². The molecule has 2 fully saturated rings. The van der Waals surface area contributed by atoms with Crippen molar-refractivity contribution in [1.29, 1.82) is 0 Å². The van der Waals surface area contributed by atoms with Gasteiger partial charge in [-0.2, -0.15) is 0 Å². The minimum atomic E-state index is -1.33. The van der Waals surface area contributed by atoms with Gasteiger partial charge in [0.05, 0.1) is 26.3 Å². The van der Waals surface area contributed by atoms with Gasteiger partial charge in [-0.05, 0) is 0 Å². The maximum Gasteiger partial charge on any atom is 0.502 e. The first-order valence-electron chi connectivity index (χ1n) is 4.73. The predicted octanol–water partition coefficient (Wildman–Crippen LogP) is 0.714. The summed E-state index contributed by atoms with van der Waals surface area (Å²) in [6, 6.07) is 0. The molecule has 3 nitrogen and oxygen atoms in total. The Morgan fingerprint density at radius 1 is 1.38 bits per heavy atom. The molecule has 2 rings (SSSR count). The molecular formula is C9H16BNO2. The van der Waals surface area contributed by atoms with Crippen molar-refractivity contribution in [1.82, 2.24) is 0 Å². The molecule has 2 aliphatic rings. The quantitative estimate of drug-likeness (QED) is 0.461. The number of rotatable bonds is 2. The second-order valence-corrected chi connectivity index (χ2v) is 4.12. The third-order valence-electron chi connectivity index (χ3n) is 3.44. The van der Waals surface area contributed by atoms with E-state index in [-0.39, 0.29) is 0 Å². The van der Waals surface area contributed by atoms with Gasteiger partial charge in [0.15, 0.2) is 0 Å². The Hall–Kier alpha value is -0.575. The van der Waals surface area contributed by atoms with Crippen LogP contribution in [0.5, 0.6) is 0 Å². The molecule has 0 aliphatic carbocycles. The van der Waals surface area contributed by atoms with Gasteiger partial charge < -0.3 is 13.7 Å². The number of allylic oxidation sites excluding steroid dienone is 2. The number of hydrogen-bond donors (Lipinski definition) is 0. The number of likely N-dealkylation sites (N-methyl/N-ethyl adjacent to an activating group) is 1. The number of fused-ring (bicyclic) bond motifs is 1. The maximum atomic E-state index is 5.76. The van der Waals surface area contributed by atoms with E-state index in [1.807, 2.05) is 0 Å². The molecule has 0 atom stereocenters. The first-order chi connectivity index (χ1) is 6.15. The Morgan fingerprint density at radius 2 is 1.92 bits per heavy atom. The Bertz CT molecular complexity index is 254. The van der Waals surface area contributed by atoms with Crippen LogP contribution in [0.3, 0.4) is 0 Å². The van der Waals surface area contributed by atoms with Crippen LogP contribution in [-0.2, 0) is 9.31 Å². The Kier molecular flexibility index (Phi) is 1.87. The van der Waals surface area contributed by atoms with Gasteiger partial charge in [-0.3, -0.25) is 0 Å². The van der Waals surface area contributed by atoms with Gasteiger partial charge in [0.25, 0.3) is 0 Å². The normalized spacial score (nSPS) is 43.2. The highest BCUT2D eigenvalue weighted by Crippen LogP contribution is 2.36. The summed E-state index contributed by atoms with van der Waals surface area (Å²) in [6.45, 7) is 9.96. The maximum absolute atomic E-state index is 5.76. The standard InChI is InChI=1S/C9H16BNO2/c1-4-9(2)10-11(3,5-7-12-10)6-8-13-10/h4H,1-2,5-8H2,3H3. The fraction of sp³-hybridized carbons (Fsp3) is 0.556. The third kappa shape index (κ3) is 0.965. The van der Waals surface area contributed by atoms with Crippen molar-refractivity contribution >= 4 is 6.69 Å². The molecule has 0 aromatic heterocycles. The average molecular weight is 181 g/mol. The molecule has 0 amide bonds. The fourth-order valence-electron chi connectivity index (χ4n) is 2.47.